The van der Waals surface area contributed by atoms with E-state index in [-0.39, 0.29) is 0 Å². The molecule has 1 aliphatic carbocycles. The van der Waals surface area contributed by atoms with Crippen molar-refractivity contribution in [2.75, 3.05) is 4.90 Å². The number of anilines is 3. The zero-order valence-corrected chi connectivity index (χ0v) is 35.6. The van der Waals surface area contributed by atoms with Gasteiger partial charge in [-0.15, -0.1) is 11.3 Å². The molecular formula is C61H39NOS. The topological polar surface area (TPSA) is 16.4 Å². The average Bonchev–Trinajstić information content (AvgIpc) is 4.04. The molecule has 0 spiro atoms. The Labute approximate surface area is 375 Å². The highest BCUT2D eigenvalue weighted by molar-refractivity contribution is 7.26. The second-order valence-corrected chi connectivity index (χ2v) is 17.8. The van der Waals surface area contributed by atoms with Crippen LogP contribution in [0.3, 0.4) is 0 Å². The summed E-state index contributed by atoms with van der Waals surface area (Å²) < 4.78 is 9.23. The van der Waals surface area contributed by atoms with Gasteiger partial charge in [0.15, 0.2) is 0 Å². The van der Waals surface area contributed by atoms with Gasteiger partial charge in [0.1, 0.15) is 11.2 Å². The number of nitrogens with zero attached hydrogens (tertiary/aromatic N) is 1. The Kier molecular flexibility index (Phi) is 8.34. The minimum atomic E-state index is -0.526. The molecule has 300 valence electrons. The van der Waals surface area contributed by atoms with Gasteiger partial charge in [-0.05, 0) is 87.0 Å². The van der Waals surface area contributed by atoms with Crippen LogP contribution in [0.4, 0.5) is 17.1 Å². The molecular weight excluding hydrogens is 795 g/mol. The van der Waals surface area contributed by atoms with Crippen LogP contribution >= 0.6 is 11.3 Å². The van der Waals surface area contributed by atoms with Crippen LogP contribution < -0.4 is 4.90 Å². The van der Waals surface area contributed by atoms with E-state index in [1.165, 1.54) is 64.7 Å². The van der Waals surface area contributed by atoms with Gasteiger partial charge in [0.25, 0.3) is 0 Å². The third-order valence-electron chi connectivity index (χ3n) is 13.4. The predicted molar refractivity (Wildman–Crippen MR) is 269 cm³/mol. The highest BCUT2D eigenvalue weighted by Gasteiger charge is 2.47. The van der Waals surface area contributed by atoms with Crippen molar-refractivity contribution in [1.82, 2.24) is 0 Å². The summed E-state index contributed by atoms with van der Waals surface area (Å²) >= 11 is 1.87. The number of hydrogen-bond donors (Lipinski definition) is 0. The Morgan fingerprint density at radius 1 is 0.391 bits per heavy atom. The van der Waals surface area contributed by atoms with E-state index in [1.54, 1.807) is 0 Å². The lowest BCUT2D eigenvalue weighted by Crippen LogP contribution is -2.28. The van der Waals surface area contributed by atoms with Crippen LogP contribution in [0.1, 0.15) is 22.3 Å². The largest absolute Gasteiger partial charge is 0.455 e. The number of benzene rings is 10. The highest BCUT2D eigenvalue weighted by atomic mass is 32.1. The van der Waals surface area contributed by atoms with Crippen molar-refractivity contribution >= 4 is 70.5 Å². The summed E-state index contributed by atoms with van der Waals surface area (Å²) in [7, 11) is 0. The van der Waals surface area contributed by atoms with Crippen molar-refractivity contribution in [3.8, 4) is 33.4 Å². The van der Waals surface area contributed by atoms with E-state index >= 15 is 0 Å². The molecule has 0 bridgehead atoms. The minimum absolute atomic E-state index is 0.526. The average molecular weight is 834 g/mol. The van der Waals surface area contributed by atoms with Crippen molar-refractivity contribution in [1.29, 1.82) is 0 Å². The lowest BCUT2D eigenvalue weighted by atomic mass is 9.68. The second-order valence-electron chi connectivity index (χ2n) is 16.7. The maximum Gasteiger partial charge on any atom is 0.143 e. The van der Waals surface area contributed by atoms with Crippen LogP contribution in [0, 0.1) is 0 Å². The van der Waals surface area contributed by atoms with Gasteiger partial charge in [0.05, 0.1) is 11.1 Å². The summed E-state index contributed by atoms with van der Waals surface area (Å²) in [5, 5.41) is 4.86. The van der Waals surface area contributed by atoms with E-state index in [1.807, 2.05) is 17.4 Å². The second kappa shape index (κ2) is 14.6. The van der Waals surface area contributed by atoms with Gasteiger partial charge in [-0.1, -0.05) is 194 Å². The first kappa shape index (κ1) is 36.7. The van der Waals surface area contributed by atoms with E-state index in [4.69, 9.17) is 4.42 Å². The van der Waals surface area contributed by atoms with Gasteiger partial charge in [-0.3, -0.25) is 0 Å². The normalized spacial score (nSPS) is 12.8. The molecule has 0 radical (unpaired) electrons. The molecule has 64 heavy (non-hydrogen) atoms. The predicted octanol–water partition coefficient (Wildman–Crippen LogP) is 17.1. The number of para-hydroxylation sites is 2. The molecule has 12 aromatic rings. The van der Waals surface area contributed by atoms with Gasteiger partial charge >= 0.3 is 0 Å². The summed E-state index contributed by atoms with van der Waals surface area (Å²) in [6, 6.07) is 86.5. The number of furan rings is 1. The molecule has 0 amide bonds. The number of fused-ring (bicyclic) bond motifs is 9. The van der Waals surface area contributed by atoms with Gasteiger partial charge < -0.3 is 9.32 Å². The maximum absolute atomic E-state index is 6.61. The zero-order chi connectivity index (χ0) is 42.2. The summed E-state index contributed by atoms with van der Waals surface area (Å²) in [5.41, 5.74) is 16.7. The molecule has 0 saturated carbocycles. The molecule has 0 atom stereocenters. The summed E-state index contributed by atoms with van der Waals surface area (Å²) in [6.07, 6.45) is 0. The van der Waals surface area contributed by atoms with Crippen molar-refractivity contribution < 1.29 is 4.42 Å². The molecule has 0 N–H and O–H groups in total. The zero-order valence-electron chi connectivity index (χ0n) is 34.8. The van der Waals surface area contributed by atoms with Gasteiger partial charge in [-0.2, -0.15) is 0 Å². The molecule has 2 aromatic heterocycles. The number of thiophene rings is 1. The first-order valence-electron chi connectivity index (χ1n) is 21.9. The Bertz CT molecular complexity index is 3690. The quantitative estimate of drug-likeness (QED) is 0.159. The van der Waals surface area contributed by atoms with Crippen LogP contribution in [0.15, 0.2) is 241 Å². The molecule has 2 heterocycles. The molecule has 0 fully saturated rings. The first-order valence-corrected chi connectivity index (χ1v) is 22.7. The Balaban J connectivity index is 1.05. The summed E-state index contributed by atoms with van der Waals surface area (Å²) in [5.74, 6) is 0. The third kappa shape index (κ3) is 5.44. The molecule has 2 nitrogen and oxygen atoms in total. The van der Waals surface area contributed by atoms with Crippen molar-refractivity contribution in [2.24, 2.45) is 0 Å². The molecule has 1 aliphatic rings. The van der Waals surface area contributed by atoms with E-state index in [0.717, 1.165) is 50.1 Å². The standard InChI is InChI=1S/C61H39NOS/c1-3-18-42(19-4-1)61(43-20-5-2-6-21-43)53-30-10-7-25-52(53)58-54(61)31-16-32-55(58)62(44-37-35-40(36-38-44)47-27-15-29-51-49-24-9-12-34-57(49)64-60(47)51)45-22-13-17-41(39-45)46-26-14-28-50-48-23-8-11-33-56(48)63-59(46)50/h1-39H. The summed E-state index contributed by atoms with van der Waals surface area (Å²) in [4.78, 5) is 2.47. The Morgan fingerprint density at radius 3 is 1.81 bits per heavy atom. The smallest absolute Gasteiger partial charge is 0.143 e. The van der Waals surface area contributed by atoms with Crippen LogP contribution in [0.5, 0.6) is 0 Å². The van der Waals surface area contributed by atoms with Crippen molar-refractivity contribution in [3.05, 3.63) is 259 Å². The van der Waals surface area contributed by atoms with Crippen molar-refractivity contribution in [3.63, 3.8) is 0 Å². The minimum Gasteiger partial charge on any atom is -0.455 e. The molecule has 0 aliphatic heterocycles. The fourth-order valence-electron chi connectivity index (χ4n) is 10.6. The van der Waals surface area contributed by atoms with E-state index in [2.05, 4.69) is 235 Å². The molecule has 10 aromatic carbocycles. The lowest BCUT2D eigenvalue weighted by molar-refractivity contribution is 0.670. The fourth-order valence-corrected chi connectivity index (χ4v) is 11.9. The van der Waals surface area contributed by atoms with Gasteiger partial charge in [0, 0.05) is 53.4 Å². The Hall–Kier alpha value is -7.98. The highest BCUT2D eigenvalue weighted by Crippen LogP contribution is 2.59. The molecule has 13 rings (SSSR count). The fraction of sp³-hybridized carbons (Fsp3) is 0.0164. The lowest BCUT2D eigenvalue weighted by Gasteiger charge is -2.34. The van der Waals surface area contributed by atoms with Crippen molar-refractivity contribution in [2.45, 2.75) is 5.41 Å². The van der Waals surface area contributed by atoms with Crippen LogP contribution in [-0.4, -0.2) is 0 Å². The van der Waals surface area contributed by atoms with Gasteiger partial charge in [-0.25, -0.2) is 0 Å². The third-order valence-corrected chi connectivity index (χ3v) is 14.6. The van der Waals surface area contributed by atoms with E-state index in [9.17, 15) is 0 Å². The maximum atomic E-state index is 6.61. The van der Waals surface area contributed by atoms with Crippen LogP contribution in [0.25, 0.3) is 75.5 Å². The van der Waals surface area contributed by atoms with E-state index < -0.39 is 5.41 Å². The van der Waals surface area contributed by atoms with Gasteiger partial charge in [0.2, 0.25) is 0 Å². The van der Waals surface area contributed by atoms with Crippen LogP contribution in [0.2, 0.25) is 0 Å². The monoisotopic (exact) mass is 833 g/mol. The number of rotatable bonds is 7. The van der Waals surface area contributed by atoms with E-state index in [0.29, 0.717) is 0 Å². The molecule has 3 heteroatoms. The molecule has 0 unspecified atom stereocenters. The summed E-state index contributed by atoms with van der Waals surface area (Å²) in [6.45, 7) is 0. The first-order chi connectivity index (χ1) is 31.8. The Morgan fingerprint density at radius 2 is 1.00 bits per heavy atom. The number of hydrogen-bond acceptors (Lipinski definition) is 3. The SMILES string of the molecule is c1ccc(C2(c3ccccc3)c3ccccc3-c3c(N(c4ccc(-c5cccc6c5sc5ccccc56)cc4)c4cccc(-c5cccc6c5oc5ccccc56)c4)cccc32)cc1. The van der Waals surface area contributed by atoms with Crippen LogP contribution in [-0.2, 0) is 5.41 Å². The molecule has 0 saturated heterocycles.